The Morgan fingerprint density at radius 3 is 2.35 bits per heavy atom. The lowest BCUT2D eigenvalue weighted by atomic mass is 10.0. The second-order valence-corrected chi connectivity index (χ2v) is 8.03. The Labute approximate surface area is 154 Å². The van der Waals surface area contributed by atoms with Gasteiger partial charge >= 0.3 is 0 Å². The van der Waals surface area contributed by atoms with Crippen molar-refractivity contribution < 1.29 is 0 Å². The third kappa shape index (κ3) is 2.81. The zero-order valence-electron chi connectivity index (χ0n) is 15.4. The van der Waals surface area contributed by atoms with E-state index in [9.17, 15) is 0 Å². The molecule has 2 aromatic heterocycles. The molecular formula is C20H26N6. The first kappa shape index (κ1) is 16.0. The van der Waals surface area contributed by atoms with E-state index in [0.717, 1.165) is 50.5 Å². The van der Waals surface area contributed by atoms with E-state index in [0.29, 0.717) is 11.8 Å². The van der Waals surface area contributed by atoms with Gasteiger partial charge in [-0.1, -0.05) is 6.42 Å². The molecule has 2 saturated heterocycles. The lowest BCUT2D eigenvalue weighted by Gasteiger charge is -2.25. The van der Waals surface area contributed by atoms with E-state index < -0.39 is 0 Å². The Kier molecular flexibility index (Phi) is 3.98. The SMILES string of the molecule is Cc1cc(N2CC3CN(c4ncnc5c4CCCCC5)CC3C2)ncn1. The van der Waals surface area contributed by atoms with E-state index in [2.05, 4.69) is 30.8 Å². The van der Waals surface area contributed by atoms with Gasteiger partial charge in [0.25, 0.3) is 0 Å². The van der Waals surface area contributed by atoms with E-state index in [-0.39, 0.29) is 0 Å². The zero-order valence-corrected chi connectivity index (χ0v) is 15.4. The van der Waals surface area contributed by atoms with Crippen LogP contribution in [-0.2, 0) is 12.8 Å². The molecule has 0 saturated carbocycles. The van der Waals surface area contributed by atoms with E-state index in [1.165, 1.54) is 36.3 Å². The largest absolute Gasteiger partial charge is 0.356 e. The monoisotopic (exact) mass is 350 g/mol. The predicted molar refractivity (Wildman–Crippen MR) is 101 cm³/mol. The molecular weight excluding hydrogens is 324 g/mol. The smallest absolute Gasteiger partial charge is 0.135 e. The highest BCUT2D eigenvalue weighted by atomic mass is 15.3. The van der Waals surface area contributed by atoms with Crippen molar-refractivity contribution in [2.24, 2.45) is 11.8 Å². The van der Waals surface area contributed by atoms with Crippen molar-refractivity contribution in [3.63, 3.8) is 0 Å². The maximum Gasteiger partial charge on any atom is 0.135 e. The Hall–Kier alpha value is -2.24. The first-order chi connectivity index (χ1) is 12.8. The molecule has 0 spiro atoms. The van der Waals surface area contributed by atoms with Gasteiger partial charge in [-0.05, 0) is 32.6 Å². The van der Waals surface area contributed by atoms with Crippen LogP contribution in [0, 0.1) is 18.8 Å². The number of hydrogen-bond acceptors (Lipinski definition) is 6. The van der Waals surface area contributed by atoms with Gasteiger partial charge in [0.15, 0.2) is 0 Å². The summed E-state index contributed by atoms with van der Waals surface area (Å²) in [5.41, 5.74) is 3.76. The Balaban J connectivity index is 1.33. The molecule has 4 heterocycles. The van der Waals surface area contributed by atoms with Crippen LogP contribution >= 0.6 is 0 Å². The third-order valence-corrected chi connectivity index (χ3v) is 6.25. The molecule has 2 atom stereocenters. The molecule has 2 unspecified atom stereocenters. The van der Waals surface area contributed by atoms with Gasteiger partial charge < -0.3 is 9.80 Å². The second-order valence-electron chi connectivity index (χ2n) is 8.03. The third-order valence-electron chi connectivity index (χ3n) is 6.25. The molecule has 6 heteroatoms. The number of aromatic nitrogens is 4. The summed E-state index contributed by atoms with van der Waals surface area (Å²) in [4.78, 5) is 23.0. The Morgan fingerprint density at radius 2 is 1.54 bits per heavy atom. The van der Waals surface area contributed by atoms with Crippen molar-refractivity contribution in [3.8, 4) is 0 Å². The fraction of sp³-hybridized carbons (Fsp3) is 0.600. The normalized spacial score (nSPS) is 25.1. The van der Waals surface area contributed by atoms with Crippen molar-refractivity contribution >= 4 is 11.6 Å². The maximum absolute atomic E-state index is 4.71. The van der Waals surface area contributed by atoms with Crippen LogP contribution in [0.2, 0.25) is 0 Å². The van der Waals surface area contributed by atoms with Crippen molar-refractivity contribution in [3.05, 3.63) is 35.7 Å². The van der Waals surface area contributed by atoms with E-state index in [1.807, 2.05) is 6.92 Å². The van der Waals surface area contributed by atoms with Gasteiger partial charge in [-0.15, -0.1) is 0 Å². The van der Waals surface area contributed by atoms with Crippen molar-refractivity contribution in [1.82, 2.24) is 19.9 Å². The van der Waals surface area contributed by atoms with Crippen LogP contribution in [0.25, 0.3) is 0 Å². The molecule has 2 fully saturated rings. The van der Waals surface area contributed by atoms with Gasteiger partial charge in [0.1, 0.15) is 24.3 Å². The van der Waals surface area contributed by atoms with Crippen LogP contribution in [0.1, 0.15) is 36.2 Å². The van der Waals surface area contributed by atoms with Crippen LogP contribution in [0.4, 0.5) is 11.6 Å². The van der Waals surface area contributed by atoms with Crippen molar-refractivity contribution in [2.75, 3.05) is 36.0 Å². The highest BCUT2D eigenvalue weighted by molar-refractivity contribution is 5.51. The minimum atomic E-state index is 0.696. The summed E-state index contributed by atoms with van der Waals surface area (Å²) in [5, 5.41) is 0. The minimum absolute atomic E-state index is 0.696. The minimum Gasteiger partial charge on any atom is -0.356 e. The highest BCUT2D eigenvalue weighted by Gasteiger charge is 2.41. The first-order valence-electron chi connectivity index (χ1n) is 9.89. The topological polar surface area (TPSA) is 58.0 Å². The number of nitrogens with zero attached hydrogens (tertiary/aromatic N) is 6. The number of anilines is 2. The van der Waals surface area contributed by atoms with Crippen LogP contribution in [0.5, 0.6) is 0 Å². The predicted octanol–water partition coefficient (Wildman–Crippen LogP) is 2.42. The first-order valence-corrected chi connectivity index (χ1v) is 9.89. The fourth-order valence-corrected chi connectivity index (χ4v) is 4.92. The van der Waals surface area contributed by atoms with E-state index in [1.54, 1.807) is 12.7 Å². The van der Waals surface area contributed by atoms with Gasteiger partial charge in [0.05, 0.1) is 0 Å². The van der Waals surface area contributed by atoms with Gasteiger partial charge in [-0.25, -0.2) is 19.9 Å². The summed E-state index contributed by atoms with van der Waals surface area (Å²) in [7, 11) is 0. The molecule has 1 aliphatic carbocycles. The molecule has 3 aliphatic rings. The molecule has 0 radical (unpaired) electrons. The zero-order chi connectivity index (χ0) is 17.5. The van der Waals surface area contributed by atoms with Crippen LogP contribution in [-0.4, -0.2) is 46.1 Å². The van der Waals surface area contributed by atoms with Gasteiger partial charge in [0, 0.05) is 61.0 Å². The number of fused-ring (bicyclic) bond motifs is 2. The Bertz CT molecular complexity index is 793. The summed E-state index contributed by atoms with van der Waals surface area (Å²) in [6.45, 7) is 6.42. The highest BCUT2D eigenvalue weighted by Crippen LogP contribution is 2.37. The van der Waals surface area contributed by atoms with E-state index >= 15 is 0 Å². The second kappa shape index (κ2) is 6.49. The summed E-state index contributed by atoms with van der Waals surface area (Å²) in [6.07, 6.45) is 9.58. The summed E-state index contributed by atoms with van der Waals surface area (Å²) in [6, 6.07) is 2.10. The summed E-state index contributed by atoms with van der Waals surface area (Å²) < 4.78 is 0. The van der Waals surface area contributed by atoms with Crippen molar-refractivity contribution in [2.45, 2.75) is 39.0 Å². The standard InChI is InChI=1S/C20H26N6/c1-14-7-19(23-12-21-14)25-8-15-10-26(11-16(15)9-25)20-17-5-3-2-4-6-18(17)22-13-24-20/h7,12-13,15-16H,2-6,8-11H2,1H3. The summed E-state index contributed by atoms with van der Waals surface area (Å²) in [5.74, 6) is 3.69. The lowest BCUT2D eigenvalue weighted by Crippen LogP contribution is -2.30. The molecule has 136 valence electrons. The molecule has 2 aliphatic heterocycles. The Morgan fingerprint density at radius 1 is 0.808 bits per heavy atom. The average Bonchev–Trinajstić information content (AvgIpc) is 3.12. The van der Waals surface area contributed by atoms with Crippen molar-refractivity contribution in [1.29, 1.82) is 0 Å². The van der Waals surface area contributed by atoms with Crippen LogP contribution in [0.3, 0.4) is 0 Å². The molecule has 0 N–H and O–H groups in total. The lowest BCUT2D eigenvalue weighted by molar-refractivity contribution is 0.533. The van der Waals surface area contributed by atoms with Gasteiger partial charge in [-0.2, -0.15) is 0 Å². The molecule has 0 amide bonds. The van der Waals surface area contributed by atoms with Crippen LogP contribution < -0.4 is 9.80 Å². The quantitative estimate of drug-likeness (QED) is 0.775. The number of hydrogen-bond donors (Lipinski definition) is 0. The fourth-order valence-electron chi connectivity index (χ4n) is 4.92. The summed E-state index contributed by atoms with van der Waals surface area (Å²) >= 11 is 0. The molecule has 26 heavy (non-hydrogen) atoms. The van der Waals surface area contributed by atoms with E-state index in [4.69, 9.17) is 4.98 Å². The van der Waals surface area contributed by atoms with Gasteiger partial charge in [0.2, 0.25) is 0 Å². The molecule has 2 aromatic rings. The number of rotatable bonds is 2. The molecule has 6 nitrogen and oxygen atoms in total. The molecule has 0 aromatic carbocycles. The maximum atomic E-state index is 4.71. The van der Waals surface area contributed by atoms with Crippen LogP contribution in [0.15, 0.2) is 18.7 Å². The van der Waals surface area contributed by atoms with Gasteiger partial charge in [-0.3, -0.25) is 0 Å². The number of aryl methyl sites for hydroxylation is 2. The average molecular weight is 350 g/mol. The molecule has 0 bridgehead atoms. The molecule has 5 rings (SSSR count).